The first-order valence-corrected chi connectivity index (χ1v) is 4.32. The highest BCUT2D eigenvalue weighted by Gasteiger charge is 2.04. The molecule has 1 aromatic rings. The highest BCUT2D eigenvalue weighted by atomic mass is 16.1. The van der Waals surface area contributed by atoms with Crippen molar-refractivity contribution >= 4 is 5.78 Å². The second-order valence-corrected chi connectivity index (χ2v) is 3.23. The van der Waals surface area contributed by atoms with E-state index in [4.69, 9.17) is 0 Å². The smallest absolute Gasteiger partial charge is 0.161 e. The fourth-order valence-electron chi connectivity index (χ4n) is 1.01. The summed E-state index contributed by atoms with van der Waals surface area (Å²) in [5.74, 6) is 0.00834. The standard InChI is InChI=1S/C10H14N2O/c1-4-10(13)7-9-5-6-12(11-9)8(2)3/h4-6,8H,1,7H2,2-3H3. The third-order valence-corrected chi connectivity index (χ3v) is 1.78. The van der Waals surface area contributed by atoms with Crippen molar-refractivity contribution in [1.82, 2.24) is 9.78 Å². The summed E-state index contributed by atoms with van der Waals surface area (Å²) < 4.78 is 1.84. The van der Waals surface area contributed by atoms with Gasteiger partial charge < -0.3 is 0 Å². The predicted molar refractivity (Wildman–Crippen MR) is 51.5 cm³/mol. The van der Waals surface area contributed by atoms with E-state index in [0.717, 1.165) is 5.69 Å². The summed E-state index contributed by atoms with van der Waals surface area (Å²) in [5.41, 5.74) is 0.804. The van der Waals surface area contributed by atoms with Gasteiger partial charge in [0, 0.05) is 12.2 Å². The summed E-state index contributed by atoms with van der Waals surface area (Å²) in [7, 11) is 0. The van der Waals surface area contributed by atoms with Gasteiger partial charge >= 0.3 is 0 Å². The Morgan fingerprint density at radius 1 is 1.77 bits per heavy atom. The van der Waals surface area contributed by atoms with Crippen molar-refractivity contribution in [3.8, 4) is 0 Å². The summed E-state index contributed by atoms with van der Waals surface area (Å²) in [6.07, 6.45) is 3.56. The highest BCUT2D eigenvalue weighted by molar-refractivity contribution is 5.90. The molecule has 0 bridgehead atoms. The minimum absolute atomic E-state index is 0.00834. The van der Waals surface area contributed by atoms with E-state index in [2.05, 4.69) is 11.7 Å². The van der Waals surface area contributed by atoms with Crippen LogP contribution in [0.1, 0.15) is 25.6 Å². The number of aromatic nitrogens is 2. The maximum atomic E-state index is 11.0. The zero-order valence-electron chi connectivity index (χ0n) is 8.03. The van der Waals surface area contributed by atoms with Gasteiger partial charge in [0.2, 0.25) is 0 Å². The first-order chi connectivity index (χ1) is 6.13. The lowest BCUT2D eigenvalue weighted by atomic mass is 10.2. The Morgan fingerprint density at radius 2 is 2.46 bits per heavy atom. The lowest BCUT2D eigenvalue weighted by Gasteiger charge is -2.03. The fourth-order valence-corrected chi connectivity index (χ4v) is 1.01. The molecule has 3 nitrogen and oxygen atoms in total. The molecular formula is C10H14N2O. The normalized spacial score (nSPS) is 10.4. The van der Waals surface area contributed by atoms with Crippen LogP contribution in [-0.4, -0.2) is 15.6 Å². The van der Waals surface area contributed by atoms with Crippen molar-refractivity contribution < 1.29 is 4.79 Å². The van der Waals surface area contributed by atoms with Gasteiger partial charge in [-0.05, 0) is 26.0 Å². The molecular weight excluding hydrogens is 164 g/mol. The predicted octanol–water partition coefficient (Wildman–Crippen LogP) is 1.76. The van der Waals surface area contributed by atoms with Crippen LogP contribution in [0.3, 0.4) is 0 Å². The Labute approximate surface area is 78.1 Å². The fraction of sp³-hybridized carbons (Fsp3) is 0.400. The van der Waals surface area contributed by atoms with Gasteiger partial charge in [-0.15, -0.1) is 0 Å². The molecule has 0 saturated heterocycles. The first-order valence-electron chi connectivity index (χ1n) is 4.32. The van der Waals surface area contributed by atoms with Crippen LogP contribution in [0, 0.1) is 0 Å². The zero-order valence-corrected chi connectivity index (χ0v) is 8.03. The molecule has 0 amide bonds. The largest absolute Gasteiger partial charge is 0.294 e. The Kier molecular flexibility index (Phi) is 3.01. The Bertz CT molecular complexity index is 312. The topological polar surface area (TPSA) is 34.9 Å². The Morgan fingerprint density at radius 3 is 2.92 bits per heavy atom. The van der Waals surface area contributed by atoms with Crippen molar-refractivity contribution in [1.29, 1.82) is 0 Å². The lowest BCUT2D eigenvalue weighted by molar-refractivity contribution is -0.114. The van der Waals surface area contributed by atoms with E-state index in [1.54, 1.807) is 0 Å². The van der Waals surface area contributed by atoms with Crippen molar-refractivity contribution in [3.63, 3.8) is 0 Å². The van der Waals surface area contributed by atoms with E-state index in [9.17, 15) is 4.79 Å². The minimum Gasteiger partial charge on any atom is -0.294 e. The Balaban J connectivity index is 2.69. The number of nitrogens with zero attached hydrogens (tertiary/aromatic N) is 2. The van der Waals surface area contributed by atoms with E-state index in [1.165, 1.54) is 6.08 Å². The van der Waals surface area contributed by atoms with Gasteiger partial charge in [0.1, 0.15) is 0 Å². The van der Waals surface area contributed by atoms with Crippen molar-refractivity contribution in [3.05, 3.63) is 30.6 Å². The molecule has 3 heteroatoms. The molecule has 1 rings (SSSR count). The van der Waals surface area contributed by atoms with Gasteiger partial charge in [-0.1, -0.05) is 6.58 Å². The number of hydrogen-bond donors (Lipinski definition) is 0. The van der Waals surface area contributed by atoms with Crippen LogP contribution in [0.4, 0.5) is 0 Å². The number of rotatable bonds is 4. The average Bonchev–Trinajstić information content (AvgIpc) is 2.52. The van der Waals surface area contributed by atoms with E-state index >= 15 is 0 Å². The summed E-state index contributed by atoms with van der Waals surface area (Å²) in [4.78, 5) is 11.0. The van der Waals surface area contributed by atoms with E-state index in [-0.39, 0.29) is 5.78 Å². The summed E-state index contributed by atoms with van der Waals surface area (Å²) in [6, 6.07) is 2.20. The van der Waals surface area contributed by atoms with Gasteiger partial charge in [-0.2, -0.15) is 5.10 Å². The van der Waals surface area contributed by atoms with Crippen molar-refractivity contribution in [2.75, 3.05) is 0 Å². The third-order valence-electron chi connectivity index (χ3n) is 1.78. The molecule has 0 saturated carbocycles. The van der Waals surface area contributed by atoms with E-state index < -0.39 is 0 Å². The maximum Gasteiger partial charge on any atom is 0.161 e. The Hall–Kier alpha value is -1.38. The molecule has 0 aromatic carbocycles. The van der Waals surface area contributed by atoms with Crippen LogP contribution in [-0.2, 0) is 11.2 Å². The quantitative estimate of drug-likeness (QED) is 0.658. The van der Waals surface area contributed by atoms with Crippen molar-refractivity contribution in [2.45, 2.75) is 26.3 Å². The molecule has 0 aliphatic rings. The van der Waals surface area contributed by atoms with Gasteiger partial charge in [-0.25, -0.2) is 0 Å². The molecule has 1 aromatic heterocycles. The number of hydrogen-bond acceptors (Lipinski definition) is 2. The first kappa shape index (κ1) is 9.71. The third kappa shape index (κ3) is 2.54. The molecule has 0 fully saturated rings. The average molecular weight is 178 g/mol. The van der Waals surface area contributed by atoms with Crippen LogP contribution in [0.2, 0.25) is 0 Å². The van der Waals surface area contributed by atoms with E-state index in [1.807, 2.05) is 30.8 Å². The maximum absolute atomic E-state index is 11.0. The number of carbonyl (C=O) groups excluding carboxylic acids is 1. The summed E-state index contributed by atoms with van der Waals surface area (Å²) in [6.45, 7) is 7.51. The molecule has 0 spiro atoms. The van der Waals surface area contributed by atoms with Crippen LogP contribution >= 0.6 is 0 Å². The van der Waals surface area contributed by atoms with Gasteiger partial charge in [0.15, 0.2) is 5.78 Å². The molecule has 0 unspecified atom stereocenters. The SMILES string of the molecule is C=CC(=O)Cc1ccn(C(C)C)n1. The van der Waals surface area contributed by atoms with Crippen LogP contribution < -0.4 is 0 Å². The number of allylic oxidation sites excluding steroid dienone is 1. The molecule has 0 aliphatic carbocycles. The molecule has 0 aliphatic heterocycles. The van der Waals surface area contributed by atoms with Crippen LogP contribution in [0.15, 0.2) is 24.9 Å². The second-order valence-electron chi connectivity index (χ2n) is 3.23. The van der Waals surface area contributed by atoms with Gasteiger partial charge in [0.05, 0.1) is 12.1 Å². The second kappa shape index (κ2) is 4.03. The van der Waals surface area contributed by atoms with Crippen LogP contribution in [0.5, 0.6) is 0 Å². The highest BCUT2D eigenvalue weighted by Crippen LogP contribution is 2.04. The van der Waals surface area contributed by atoms with Crippen molar-refractivity contribution in [2.24, 2.45) is 0 Å². The molecule has 0 atom stereocenters. The molecule has 0 N–H and O–H groups in total. The van der Waals surface area contributed by atoms with Gasteiger partial charge in [0.25, 0.3) is 0 Å². The molecule has 1 heterocycles. The van der Waals surface area contributed by atoms with E-state index in [0.29, 0.717) is 12.5 Å². The molecule has 0 radical (unpaired) electrons. The zero-order chi connectivity index (χ0) is 9.84. The molecule has 70 valence electrons. The monoisotopic (exact) mass is 178 g/mol. The molecule has 13 heavy (non-hydrogen) atoms. The minimum atomic E-state index is 0.00834. The lowest BCUT2D eigenvalue weighted by Crippen LogP contribution is -2.04. The van der Waals surface area contributed by atoms with Gasteiger partial charge in [-0.3, -0.25) is 9.48 Å². The van der Waals surface area contributed by atoms with Crippen LogP contribution in [0.25, 0.3) is 0 Å². The summed E-state index contributed by atoms with van der Waals surface area (Å²) >= 11 is 0. The number of ketones is 1. The summed E-state index contributed by atoms with van der Waals surface area (Å²) in [5, 5.41) is 4.25. The number of carbonyl (C=O) groups is 1.